The summed E-state index contributed by atoms with van der Waals surface area (Å²) in [4.78, 5) is 39.3. The van der Waals surface area contributed by atoms with Crippen molar-refractivity contribution in [1.29, 1.82) is 0 Å². The van der Waals surface area contributed by atoms with Gasteiger partial charge in [-0.1, -0.05) is 48.5 Å². The van der Waals surface area contributed by atoms with E-state index in [1.54, 1.807) is 30.3 Å². The molecule has 0 spiro atoms. The molecule has 0 aliphatic carbocycles. The zero-order valence-electron chi connectivity index (χ0n) is 20.7. The fourth-order valence-electron chi connectivity index (χ4n) is 4.25. The molecule has 3 heterocycles. The average molecular weight is 598 g/mol. The number of aromatic nitrogens is 4. The quantitative estimate of drug-likeness (QED) is 0.116. The largest absolute Gasteiger partial charge is 0.477 e. The fraction of sp³-hybridized carbons (Fsp3) is 0.455. The van der Waals surface area contributed by atoms with Crippen molar-refractivity contribution in [3.05, 3.63) is 47.2 Å². The number of carboxylic acid groups (broad SMARTS) is 1. The number of fused-ring (bicyclic) bond motifs is 1. The van der Waals surface area contributed by atoms with E-state index < -0.39 is 50.6 Å². The van der Waals surface area contributed by atoms with E-state index >= 15 is 0 Å². The van der Waals surface area contributed by atoms with Gasteiger partial charge in [-0.15, -0.1) is 22.0 Å². The molecule has 1 aromatic carbocycles. The maximum Gasteiger partial charge on any atom is 0.352 e. The fourth-order valence-corrected chi connectivity index (χ4v) is 7.36. The molecule has 2 aromatic rings. The Morgan fingerprint density at radius 1 is 1.28 bits per heavy atom. The summed E-state index contributed by atoms with van der Waals surface area (Å²) >= 11 is 2.51. The zero-order chi connectivity index (χ0) is 28.2. The van der Waals surface area contributed by atoms with Crippen molar-refractivity contribution in [1.82, 2.24) is 35.6 Å². The van der Waals surface area contributed by atoms with Crippen molar-refractivity contribution >= 4 is 51.3 Å². The highest BCUT2D eigenvalue weighted by molar-refractivity contribution is 8.01. The molecule has 1 aromatic heterocycles. The first kappa shape index (κ1) is 29.0. The number of aliphatic carboxylic acids is 1. The first-order chi connectivity index (χ1) is 18.6. The molecule has 0 radical (unpaired) electrons. The molecule has 1 saturated heterocycles. The number of sulfonamides is 1. The summed E-state index contributed by atoms with van der Waals surface area (Å²) in [6.45, 7) is 0.237. The number of unbranched alkanes of at least 4 members (excludes halogenated alkanes) is 1. The van der Waals surface area contributed by atoms with Gasteiger partial charge in [0.1, 0.15) is 17.1 Å². The van der Waals surface area contributed by atoms with E-state index in [-0.39, 0.29) is 18.0 Å². The van der Waals surface area contributed by atoms with Gasteiger partial charge in [0.15, 0.2) is 6.10 Å². The van der Waals surface area contributed by atoms with Gasteiger partial charge in [0.25, 0.3) is 11.8 Å². The SMILES string of the molecule is CS(=O)(=O)NCCCCC(Sc1nn[nH]n1)C1=C(C(=O)O)N2C(=O)[C@@H](NC(=O)C(O)c3ccccc3)[C@@H]2SC1. The van der Waals surface area contributed by atoms with E-state index in [4.69, 9.17) is 0 Å². The van der Waals surface area contributed by atoms with Gasteiger partial charge in [-0.2, -0.15) is 5.21 Å². The standard InChI is InChI=1S/C22H27N7O7S3/c1-39(35,36)23-10-6-5-9-14(38-22-25-27-28-26-22)13-11-37-20-15(19(32)29(20)16(13)21(33)34)24-18(31)17(30)12-7-3-2-4-8-12/h2-4,7-8,14-15,17,20,23,30H,5-6,9-11H2,1H3,(H,24,31)(H,33,34)(H,25,26,27,28)/t14?,15-,17?,20+/m1/s1. The number of benzene rings is 1. The van der Waals surface area contributed by atoms with E-state index in [2.05, 4.69) is 30.7 Å². The van der Waals surface area contributed by atoms with Crippen LogP contribution in [-0.2, 0) is 24.4 Å². The van der Waals surface area contributed by atoms with Gasteiger partial charge in [0, 0.05) is 17.5 Å². The Morgan fingerprint density at radius 3 is 2.67 bits per heavy atom. The summed E-state index contributed by atoms with van der Waals surface area (Å²) in [6, 6.07) is 7.29. The molecule has 2 amide bonds. The molecule has 2 aliphatic heterocycles. The van der Waals surface area contributed by atoms with Gasteiger partial charge in [-0.3, -0.25) is 14.5 Å². The lowest BCUT2D eigenvalue weighted by atomic mass is 9.99. The first-order valence-electron chi connectivity index (χ1n) is 11.9. The number of thioether (sulfide) groups is 2. The van der Waals surface area contributed by atoms with Gasteiger partial charge in [0.2, 0.25) is 15.2 Å². The van der Waals surface area contributed by atoms with E-state index in [1.165, 1.54) is 28.4 Å². The van der Waals surface area contributed by atoms with Crippen LogP contribution in [0.15, 0.2) is 46.8 Å². The van der Waals surface area contributed by atoms with Crippen molar-refractivity contribution in [3.8, 4) is 0 Å². The van der Waals surface area contributed by atoms with Crippen molar-refractivity contribution in [3.63, 3.8) is 0 Å². The molecule has 14 nitrogen and oxygen atoms in total. The van der Waals surface area contributed by atoms with Crippen molar-refractivity contribution < 1.29 is 33.0 Å². The number of hydrogen-bond donors (Lipinski definition) is 5. The molecule has 0 bridgehead atoms. The van der Waals surface area contributed by atoms with Gasteiger partial charge in [-0.25, -0.2) is 17.9 Å². The van der Waals surface area contributed by atoms with Crippen molar-refractivity contribution in [2.75, 3.05) is 18.6 Å². The topological polar surface area (TPSA) is 208 Å². The molecule has 1 fully saturated rings. The molecule has 17 heteroatoms. The number of carbonyl (C=O) groups excluding carboxylic acids is 2. The second-order valence-corrected chi connectivity index (χ2v) is 13.0. The Labute approximate surface area is 232 Å². The molecule has 210 valence electrons. The van der Waals surface area contributed by atoms with Crippen LogP contribution in [-0.4, -0.2) is 97.2 Å². The number of aliphatic hydroxyl groups excluding tert-OH is 1. The number of H-pyrrole nitrogens is 1. The van der Waals surface area contributed by atoms with Crippen LogP contribution in [0.4, 0.5) is 0 Å². The van der Waals surface area contributed by atoms with Crippen LogP contribution in [0.1, 0.15) is 30.9 Å². The van der Waals surface area contributed by atoms with E-state index in [0.717, 1.165) is 6.26 Å². The lowest BCUT2D eigenvalue weighted by Gasteiger charge is -2.50. The van der Waals surface area contributed by atoms with Gasteiger partial charge in [-0.05, 0) is 29.2 Å². The number of nitrogens with zero attached hydrogens (tertiary/aromatic N) is 4. The average Bonchev–Trinajstić information content (AvgIpc) is 3.42. The summed E-state index contributed by atoms with van der Waals surface area (Å²) in [5.41, 5.74) is 0.710. The molecule has 4 atom stereocenters. The summed E-state index contributed by atoms with van der Waals surface area (Å²) in [5.74, 6) is -2.35. The molecule has 0 saturated carbocycles. The zero-order valence-corrected chi connectivity index (χ0v) is 23.1. The maximum atomic E-state index is 13.1. The third-order valence-corrected chi connectivity index (χ3v) is 9.30. The van der Waals surface area contributed by atoms with E-state index in [9.17, 15) is 33.0 Å². The maximum absolute atomic E-state index is 13.1. The summed E-state index contributed by atoms with van der Waals surface area (Å²) in [5, 5.41) is 36.0. The minimum absolute atomic E-state index is 0.159. The Kier molecular flexibility index (Phi) is 9.27. The van der Waals surface area contributed by atoms with Gasteiger partial charge >= 0.3 is 5.97 Å². The Balaban J connectivity index is 1.49. The Morgan fingerprint density at radius 2 is 2.03 bits per heavy atom. The van der Waals surface area contributed by atoms with Crippen LogP contribution in [0.5, 0.6) is 0 Å². The summed E-state index contributed by atoms with van der Waals surface area (Å²) in [6.07, 6.45) is 1.14. The van der Waals surface area contributed by atoms with Gasteiger partial charge < -0.3 is 15.5 Å². The van der Waals surface area contributed by atoms with E-state index in [1.807, 2.05) is 0 Å². The Hall–Kier alpha value is -2.99. The number of carboxylic acids is 1. The Bertz CT molecular complexity index is 1340. The van der Waals surface area contributed by atoms with E-state index in [0.29, 0.717) is 35.6 Å². The molecule has 2 aliphatic rings. The van der Waals surface area contributed by atoms with Crippen LogP contribution in [0.3, 0.4) is 0 Å². The monoisotopic (exact) mass is 597 g/mol. The highest BCUT2D eigenvalue weighted by atomic mass is 32.2. The van der Waals surface area contributed by atoms with Crippen molar-refractivity contribution in [2.45, 2.75) is 47.2 Å². The summed E-state index contributed by atoms with van der Waals surface area (Å²) in [7, 11) is -3.32. The number of amides is 2. The van der Waals surface area contributed by atoms with Crippen LogP contribution in [0.25, 0.3) is 0 Å². The number of rotatable bonds is 13. The lowest BCUT2D eigenvalue weighted by Crippen LogP contribution is -2.71. The molecule has 5 N–H and O–H groups in total. The van der Waals surface area contributed by atoms with Crippen LogP contribution in [0.2, 0.25) is 0 Å². The number of nitrogens with one attached hydrogen (secondary N) is 3. The number of aliphatic hydroxyl groups is 1. The highest BCUT2D eigenvalue weighted by Crippen LogP contribution is 2.44. The third-order valence-electron chi connectivity index (χ3n) is 6.08. The molecular weight excluding hydrogens is 570 g/mol. The predicted octanol–water partition coefficient (Wildman–Crippen LogP) is -0.148. The van der Waals surface area contributed by atoms with Crippen LogP contribution < -0.4 is 10.0 Å². The number of carbonyl (C=O) groups is 3. The summed E-state index contributed by atoms with van der Waals surface area (Å²) < 4.78 is 25.1. The molecule has 2 unspecified atom stereocenters. The minimum atomic E-state index is -3.32. The second-order valence-electron chi connectivity index (χ2n) is 8.85. The second kappa shape index (κ2) is 12.5. The van der Waals surface area contributed by atoms with Crippen molar-refractivity contribution in [2.24, 2.45) is 0 Å². The van der Waals surface area contributed by atoms with Crippen LogP contribution >= 0.6 is 23.5 Å². The van der Waals surface area contributed by atoms with Crippen LogP contribution in [0, 0.1) is 0 Å². The lowest BCUT2D eigenvalue weighted by molar-refractivity contribution is -0.151. The number of aromatic amines is 1. The predicted molar refractivity (Wildman–Crippen MR) is 142 cm³/mol. The van der Waals surface area contributed by atoms with Gasteiger partial charge in [0.05, 0.1) is 6.26 Å². The smallest absolute Gasteiger partial charge is 0.352 e. The highest BCUT2D eigenvalue weighted by Gasteiger charge is 2.55. The number of hydrogen-bond acceptors (Lipinski definition) is 11. The molecule has 4 rings (SSSR count). The number of tetrazole rings is 1. The first-order valence-corrected chi connectivity index (χ1v) is 15.7. The third kappa shape index (κ3) is 6.96. The minimum Gasteiger partial charge on any atom is -0.477 e. The normalized spacial score (nSPS) is 20.7. The molecular formula is C22H27N7O7S3. The number of β-lactam (4-membered cyclic amide) rings is 1. The molecule has 39 heavy (non-hydrogen) atoms.